The molecule has 7 nitrogen and oxygen atoms in total. The summed E-state index contributed by atoms with van der Waals surface area (Å²) in [5.74, 6) is 3.50. The molecule has 3 heterocycles. The normalized spacial score (nSPS) is 11.9. The molecule has 0 aliphatic heterocycles. The highest BCUT2D eigenvalue weighted by atomic mass is 35.5. The predicted molar refractivity (Wildman–Crippen MR) is 124 cm³/mol. The van der Waals surface area contributed by atoms with Crippen molar-refractivity contribution in [2.75, 3.05) is 0 Å². The lowest BCUT2D eigenvalue weighted by atomic mass is 10.1. The Balaban J connectivity index is 1.70. The third kappa shape index (κ3) is 5.53. The summed E-state index contributed by atoms with van der Waals surface area (Å²) in [7, 11) is 0. The number of nitrogens with zero attached hydrogens (tertiary/aromatic N) is 5. The molecule has 1 N–H and O–H groups in total. The van der Waals surface area contributed by atoms with E-state index in [1.54, 1.807) is 0 Å². The molecule has 1 aromatic carbocycles. The quantitative estimate of drug-likeness (QED) is 0.358. The number of tetrazole rings is 1. The number of aromatic nitrogens is 6. The number of H-pyrrole nitrogens is 1. The summed E-state index contributed by atoms with van der Waals surface area (Å²) in [6.45, 7) is 4.81. The van der Waals surface area contributed by atoms with Crippen LogP contribution in [0.3, 0.4) is 0 Å². The first-order chi connectivity index (χ1) is 15.6. The maximum absolute atomic E-state index is 6.47. The van der Waals surface area contributed by atoms with E-state index in [-0.39, 0.29) is 0 Å². The number of imidazole rings is 1. The van der Waals surface area contributed by atoms with Crippen molar-refractivity contribution in [2.45, 2.75) is 52.5 Å². The molecule has 0 saturated heterocycles. The van der Waals surface area contributed by atoms with Gasteiger partial charge in [0.25, 0.3) is 0 Å². The molecule has 3 aromatic heterocycles. The van der Waals surface area contributed by atoms with Crippen LogP contribution in [0.1, 0.15) is 54.2 Å². The monoisotopic (exact) mass is 450 g/mol. The van der Waals surface area contributed by atoms with Crippen molar-refractivity contribution >= 4 is 17.7 Å². The lowest BCUT2D eigenvalue weighted by Gasteiger charge is -2.13. The molecule has 0 aliphatic rings. The first kappa shape index (κ1) is 22.0. The van der Waals surface area contributed by atoms with Gasteiger partial charge in [-0.25, -0.2) is 4.98 Å². The standard InChI is InChI=1S/C24H27ClN6O/c1-3-4-9-24-26-15-20(31(24)16-19-7-5-6-8-22(19)25)12-18(14-23-27-29-30-28-23)13-21-11-10-17(2)32-21/h5-8,10-12,15H,3-4,9,13-14,16H2,1-2H3,(H,27,28,29,30)/b18-12+. The number of halogens is 1. The molecule has 0 unspecified atom stereocenters. The number of rotatable bonds is 10. The van der Waals surface area contributed by atoms with Crippen molar-refractivity contribution in [1.82, 2.24) is 30.2 Å². The van der Waals surface area contributed by atoms with E-state index in [1.807, 2.05) is 43.5 Å². The molecule has 0 bridgehead atoms. The first-order valence-electron chi connectivity index (χ1n) is 10.9. The summed E-state index contributed by atoms with van der Waals surface area (Å²) in [4.78, 5) is 4.74. The fourth-order valence-electron chi connectivity index (χ4n) is 3.70. The molecule has 0 atom stereocenters. The smallest absolute Gasteiger partial charge is 0.178 e. The Bertz CT molecular complexity index is 1180. The molecule has 0 amide bonds. The molecular weight excluding hydrogens is 424 g/mol. The van der Waals surface area contributed by atoms with Gasteiger partial charge in [-0.15, -0.1) is 10.2 Å². The lowest BCUT2D eigenvalue weighted by molar-refractivity contribution is 0.491. The highest BCUT2D eigenvalue weighted by molar-refractivity contribution is 6.31. The molecule has 0 saturated carbocycles. The Kier molecular flexibility index (Phi) is 7.17. The molecule has 8 heteroatoms. The molecule has 4 aromatic rings. The van der Waals surface area contributed by atoms with Gasteiger partial charge in [0.05, 0.1) is 18.4 Å². The minimum atomic E-state index is 0.567. The molecule has 4 rings (SSSR count). The van der Waals surface area contributed by atoms with E-state index in [4.69, 9.17) is 21.0 Å². The molecule has 0 spiro atoms. The van der Waals surface area contributed by atoms with E-state index in [0.717, 1.165) is 58.5 Å². The summed E-state index contributed by atoms with van der Waals surface area (Å²) >= 11 is 6.47. The molecular formula is C24H27ClN6O. The molecule has 0 radical (unpaired) electrons. The SMILES string of the molecule is CCCCc1ncc(/C=C(/Cc2nn[nH]n2)Cc2ccc(C)o2)n1Cc1ccccc1Cl. The average Bonchev–Trinajstić information content (AvgIpc) is 3.52. The van der Waals surface area contributed by atoms with Crippen molar-refractivity contribution in [3.8, 4) is 0 Å². The van der Waals surface area contributed by atoms with Gasteiger partial charge in [0.1, 0.15) is 17.3 Å². The Labute approximate surface area is 192 Å². The van der Waals surface area contributed by atoms with Crippen LogP contribution in [0.25, 0.3) is 6.08 Å². The number of unbranched alkanes of at least 4 members (excludes halogenated alkanes) is 1. The van der Waals surface area contributed by atoms with Gasteiger partial charge in [-0.3, -0.25) is 0 Å². The Morgan fingerprint density at radius 2 is 2.06 bits per heavy atom. The molecule has 0 aliphatic carbocycles. The number of aromatic amines is 1. The third-order valence-corrected chi connectivity index (χ3v) is 5.70. The maximum Gasteiger partial charge on any atom is 0.178 e. The number of allylic oxidation sites excluding steroid dienone is 1. The van der Waals surface area contributed by atoms with E-state index in [2.05, 4.69) is 44.3 Å². The van der Waals surface area contributed by atoms with Crippen LogP contribution in [0.4, 0.5) is 0 Å². The molecule has 0 fully saturated rings. The first-order valence-corrected chi connectivity index (χ1v) is 11.2. The number of hydrogen-bond donors (Lipinski definition) is 1. The van der Waals surface area contributed by atoms with Crippen LogP contribution in [0.5, 0.6) is 0 Å². The van der Waals surface area contributed by atoms with Crippen molar-refractivity contribution in [1.29, 1.82) is 0 Å². The second-order valence-corrected chi connectivity index (χ2v) is 8.28. The van der Waals surface area contributed by atoms with Crippen LogP contribution in [0, 0.1) is 6.92 Å². The highest BCUT2D eigenvalue weighted by Crippen LogP contribution is 2.22. The van der Waals surface area contributed by atoms with Crippen molar-refractivity contribution in [3.63, 3.8) is 0 Å². The number of nitrogens with one attached hydrogen (secondary N) is 1. The average molecular weight is 451 g/mol. The van der Waals surface area contributed by atoms with Gasteiger partial charge < -0.3 is 8.98 Å². The van der Waals surface area contributed by atoms with Crippen LogP contribution in [0.2, 0.25) is 5.02 Å². The highest BCUT2D eigenvalue weighted by Gasteiger charge is 2.14. The fraction of sp³-hybridized carbons (Fsp3) is 0.333. The van der Waals surface area contributed by atoms with Crippen molar-refractivity contribution < 1.29 is 4.42 Å². The zero-order chi connectivity index (χ0) is 22.3. The van der Waals surface area contributed by atoms with E-state index >= 15 is 0 Å². The summed E-state index contributed by atoms with van der Waals surface area (Å²) in [5, 5.41) is 15.3. The van der Waals surface area contributed by atoms with E-state index in [1.165, 1.54) is 0 Å². The topological polar surface area (TPSA) is 85.4 Å². The summed E-state index contributed by atoms with van der Waals surface area (Å²) in [6, 6.07) is 11.9. The summed E-state index contributed by atoms with van der Waals surface area (Å²) < 4.78 is 8.08. The Morgan fingerprint density at radius 1 is 1.19 bits per heavy atom. The largest absolute Gasteiger partial charge is 0.466 e. The van der Waals surface area contributed by atoms with E-state index < -0.39 is 0 Å². The van der Waals surface area contributed by atoms with Gasteiger partial charge in [-0.2, -0.15) is 5.21 Å². The minimum absolute atomic E-state index is 0.567. The van der Waals surface area contributed by atoms with Crippen molar-refractivity contribution in [2.24, 2.45) is 0 Å². The third-order valence-electron chi connectivity index (χ3n) is 5.33. The van der Waals surface area contributed by atoms with Gasteiger partial charge in [0.2, 0.25) is 0 Å². The van der Waals surface area contributed by atoms with Gasteiger partial charge in [-0.05, 0) is 43.2 Å². The zero-order valence-electron chi connectivity index (χ0n) is 18.4. The maximum atomic E-state index is 6.47. The second kappa shape index (κ2) is 10.4. The van der Waals surface area contributed by atoms with Crippen LogP contribution in [0.15, 0.2) is 52.6 Å². The van der Waals surface area contributed by atoms with Gasteiger partial charge in [-0.1, -0.05) is 53.9 Å². The number of aryl methyl sites for hydroxylation is 2. The van der Waals surface area contributed by atoms with Crippen LogP contribution in [-0.4, -0.2) is 30.2 Å². The fourth-order valence-corrected chi connectivity index (χ4v) is 3.89. The Hall–Kier alpha value is -3.19. The molecule has 166 valence electrons. The van der Waals surface area contributed by atoms with Crippen LogP contribution < -0.4 is 0 Å². The number of benzene rings is 1. The number of furan rings is 1. The van der Waals surface area contributed by atoms with E-state index in [9.17, 15) is 0 Å². The predicted octanol–water partition coefficient (Wildman–Crippen LogP) is 5.21. The Morgan fingerprint density at radius 3 is 2.78 bits per heavy atom. The zero-order valence-corrected chi connectivity index (χ0v) is 19.1. The van der Waals surface area contributed by atoms with E-state index in [0.29, 0.717) is 25.2 Å². The number of hydrogen-bond acceptors (Lipinski definition) is 5. The summed E-state index contributed by atoms with van der Waals surface area (Å²) in [6.07, 6.45) is 8.45. The molecule has 32 heavy (non-hydrogen) atoms. The second-order valence-electron chi connectivity index (χ2n) is 7.88. The van der Waals surface area contributed by atoms with Crippen LogP contribution >= 0.6 is 11.6 Å². The minimum Gasteiger partial charge on any atom is -0.466 e. The van der Waals surface area contributed by atoms with Crippen LogP contribution in [-0.2, 0) is 25.8 Å². The van der Waals surface area contributed by atoms with Gasteiger partial charge in [0, 0.05) is 24.3 Å². The van der Waals surface area contributed by atoms with Gasteiger partial charge in [0.15, 0.2) is 5.82 Å². The van der Waals surface area contributed by atoms with Crippen molar-refractivity contribution in [3.05, 3.63) is 87.6 Å². The van der Waals surface area contributed by atoms with Gasteiger partial charge >= 0.3 is 0 Å². The summed E-state index contributed by atoms with van der Waals surface area (Å²) in [5.41, 5.74) is 3.21. The lowest BCUT2D eigenvalue weighted by Crippen LogP contribution is -2.08.